The molecule has 1 aromatic rings. The zero-order chi connectivity index (χ0) is 16.8. The smallest absolute Gasteiger partial charge is 0.375 e. The first-order valence-electron chi connectivity index (χ1n) is 7.82. The molecule has 0 radical (unpaired) electrons. The van der Waals surface area contributed by atoms with Crippen LogP contribution in [-0.4, -0.2) is 31.4 Å². The van der Waals surface area contributed by atoms with Crippen LogP contribution in [0.4, 0.5) is 0 Å². The number of carboxylic acids is 1. The predicted molar refractivity (Wildman–Crippen MR) is 86.5 cm³/mol. The van der Waals surface area contributed by atoms with E-state index in [1.807, 2.05) is 19.1 Å². The van der Waals surface area contributed by atoms with E-state index in [1.165, 1.54) is 12.7 Å². The molecule has 1 saturated carbocycles. The van der Waals surface area contributed by atoms with Crippen molar-refractivity contribution in [2.24, 2.45) is 0 Å². The summed E-state index contributed by atoms with van der Waals surface area (Å²) in [5.74, 6) is -0.362. The highest BCUT2D eigenvalue weighted by Crippen LogP contribution is 2.36. The Kier molecular flexibility index (Phi) is 6.04. The normalized spacial score (nSPS) is 21.8. The van der Waals surface area contributed by atoms with Crippen LogP contribution >= 0.6 is 0 Å². The molecule has 23 heavy (non-hydrogen) atoms. The Hall–Kier alpha value is -2.01. The standard InChI is InChI=1S/C18H24O5/c1-12-4-5-14(13-6-8-15(22-3)9-7-13)10-16(12)23-17(11-21-2)18(19)20/h4-5,10-11,13,15H,6-9H2,1-3H3,(H,19,20)/b17-11-. The van der Waals surface area contributed by atoms with Gasteiger partial charge in [0.1, 0.15) is 12.0 Å². The van der Waals surface area contributed by atoms with Crippen molar-refractivity contribution < 1.29 is 24.1 Å². The molecular formula is C18H24O5. The van der Waals surface area contributed by atoms with Gasteiger partial charge in [-0.15, -0.1) is 0 Å². The summed E-state index contributed by atoms with van der Waals surface area (Å²) in [7, 11) is 3.15. The van der Waals surface area contributed by atoms with Crippen LogP contribution in [0.5, 0.6) is 5.75 Å². The number of aryl methyl sites for hydroxylation is 1. The molecule has 0 saturated heterocycles. The van der Waals surface area contributed by atoms with Gasteiger partial charge in [-0.05, 0) is 55.7 Å². The van der Waals surface area contributed by atoms with Gasteiger partial charge >= 0.3 is 5.97 Å². The summed E-state index contributed by atoms with van der Waals surface area (Å²) in [6, 6.07) is 6.01. The maximum atomic E-state index is 11.2. The van der Waals surface area contributed by atoms with E-state index in [9.17, 15) is 4.79 Å². The molecule has 1 aliphatic carbocycles. The Bertz CT molecular complexity index is 571. The van der Waals surface area contributed by atoms with Crippen molar-refractivity contribution in [1.29, 1.82) is 0 Å². The number of rotatable bonds is 6. The summed E-state index contributed by atoms with van der Waals surface area (Å²) < 4.78 is 15.7. The van der Waals surface area contributed by atoms with Crippen LogP contribution in [0.1, 0.15) is 42.7 Å². The molecule has 0 heterocycles. The van der Waals surface area contributed by atoms with Crippen molar-refractivity contribution in [1.82, 2.24) is 0 Å². The highest BCUT2D eigenvalue weighted by Gasteiger charge is 2.23. The lowest BCUT2D eigenvalue weighted by atomic mass is 9.82. The Balaban J connectivity index is 2.16. The summed E-state index contributed by atoms with van der Waals surface area (Å²) in [5, 5.41) is 9.14. The molecule has 0 bridgehead atoms. The van der Waals surface area contributed by atoms with E-state index in [0.29, 0.717) is 17.8 Å². The van der Waals surface area contributed by atoms with Gasteiger partial charge in [-0.2, -0.15) is 0 Å². The summed E-state index contributed by atoms with van der Waals surface area (Å²) in [4.78, 5) is 11.2. The molecule has 5 nitrogen and oxygen atoms in total. The van der Waals surface area contributed by atoms with Crippen molar-refractivity contribution in [2.75, 3.05) is 14.2 Å². The van der Waals surface area contributed by atoms with Gasteiger partial charge < -0.3 is 19.3 Å². The lowest BCUT2D eigenvalue weighted by molar-refractivity contribution is -0.135. The molecule has 1 N–H and O–H groups in total. The van der Waals surface area contributed by atoms with Crippen LogP contribution in [-0.2, 0) is 14.3 Å². The van der Waals surface area contributed by atoms with Crippen LogP contribution in [0.2, 0.25) is 0 Å². The fourth-order valence-corrected chi connectivity index (χ4v) is 2.96. The van der Waals surface area contributed by atoms with Crippen LogP contribution in [0.25, 0.3) is 0 Å². The number of ether oxygens (including phenoxy) is 3. The fraction of sp³-hybridized carbons (Fsp3) is 0.500. The van der Waals surface area contributed by atoms with E-state index in [4.69, 9.17) is 19.3 Å². The van der Waals surface area contributed by atoms with Crippen molar-refractivity contribution in [2.45, 2.75) is 44.6 Å². The minimum atomic E-state index is -1.16. The predicted octanol–water partition coefficient (Wildman–Crippen LogP) is 3.62. The SMILES string of the molecule is CO/C=C(\Oc1cc(C2CCC(OC)CC2)ccc1C)C(=O)O. The summed E-state index contributed by atoms with van der Waals surface area (Å²) >= 11 is 0. The lowest BCUT2D eigenvalue weighted by Crippen LogP contribution is -2.19. The van der Waals surface area contributed by atoms with Gasteiger partial charge in [0.05, 0.1) is 13.2 Å². The van der Waals surface area contributed by atoms with Gasteiger partial charge in [0.15, 0.2) is 0 Å². The first kappa shape index (κ1) is 17.3. The Morgan fingerprint density at radius 1 is 1.22 bits per heavy atom. The average molecular weight is 320 g/mol. The molecule has 1 fully saturated rings. The minimum Gasteiger partial charge on any atom is -0.500 e. The molecule has 1 aliphatic rings. The van der Waals surface area contributed by atoms with Crippen molar-refractivity contribution in [3.8, 4) is 5.75 Å². The highest BCUT2D eigenvalue weighted by molar-refractivity contribution is 5.84. The number of carbonyl (C=O) groups is 1. The monoisotopic (exact) mass is 320 g/mol. The summed E-state index contributed by atoms with van der Waals surface area (Å²) in [6.07, 6.45) is 5.69. The third-order valence-electron chi connectivity index (χ3n) is 4.35. The number of aliphatic carboxylic acids is 1. The second-order valence-corrected chi connectivity index (χ2v) is 5.86. The molecule has 126 valence electrons. The molecule has 2 rings (SSSR count). The summed E-state index contributed by atoms with van der Waals surface area (Å²) in [5.41, 5.74) is 2.07. The zero-order valence-electron chi connectivity index (χ0n) is 13.9. The lowest BCUT2D eigenvalue weighted by Gasteiger charge is -2.28. The molecule has 0 unspecified atom stereocenters. The Labute approximate surface area is 136 Å². The van der Waals surface area contributed by atoms with E-state index in [2.05, 4.69) is 6.07 Å². The van der Waals surface area contributed by atoms with Crippen LogP contribution < -0.4 is 4.74 Å². The minimum absolute atomic E-state index is 0.226. The molecule has 0 amide bonds. The van der Waals surface area contributed by atoms with Crippen molar-refractivity contribution in [3.63, 3.8) is 0 Å². The van der Waals surface area contributed by atoms with Crippen molar-refractivity contribution in [3.05, 3.63) is 41.3 Å². The largest absolute Gasteiger partial charge is 0.500 e. The number of carboxylic acid groups (broad SMARTS) is 1. The molecule has 0 aliphatic heterocycles. The maximum absolute atomic E-state index is 11.2. The van der Waals surface area contributed by atoms with Gasteiger partial charge in [0.2, 0.25) is 5.76 Å². The molecular weight excluding hydrogens is 296 g/mol. The maximum Gasteiger partial charge on any atom is 0.375 e. The van der Waals surface area contributed by atoms with Crippen LogP contribution in [0.15, 0.2) is 30.2 Å². The quantitative estimate of drug-likeness (QED) is 0.640. The van der Waals surface area contributed by atoms with Gasteiger partial charge in [0, 0.05) is 7.11 Å². The van der Waals surface area contributed by atoms with Crippen molar-refractivity contribution >= 4 is 5.97 Å². The van der Waals surface area contributed by atoms with E-state index < -0.39 is 5.97 Å². The molecule has 0 aromatic heterocycles. The van der Waals surface area contributed by atoms with Gasteiger partial charge in [-0.25, -0.2) is 4.79 Å². The van der Waals surface area contributed by atoms with Gasteiger partial charge in [-0.3, -0.25) is 0 Å². The molecule has 1 aromatic carbocycles. The number of methoxy groups -OCH3 is 2. The van der Waals surface area contributed by atoms with E-state index in [-0.39, 0.29) is 5.76 Å². The van der Waals surface area contributed by atoms with Gasteiger partial charge in [-0.1, -0.05) is 12.1 Å². The third-order valence-corrected chi connectivity index (χ3v) is 4.35. The van der Waals surface area contributed by atoms with Crippen LogP contribution in [0, 0.1) is 6.92 Å². The molecule has 0 atom stereocenters. The fourth-order valence-electron chi connectivity index (χ4n) is 2.96. The van der Waals surface area contributed by atoms with Gasteiger partial charge in [0.25, 0.3) is 0 Å². The average Bonchev–Trinajstić information content (AvgIpc) is 2.56. The first-order valence-corrected chi connectivity index (χ1v) is 7.82. The Morgan fingerprint density at radius 3 is 2.48 bits per heavy atom. The number of hydrogen-bond donors (Lipinski definition) is 1. The Morgan fingerprint density at radius 2 is 1.91 bits per heavy atom. The molecule has 0 spiro atoms. The van der Waals surface area contributed by atoms with Crippen LogP contribution in [0.3, 0.4) is 0 Å². The topological polar surface area (TPSA) is 65.0 Å². The van der Waals surface area contributed by atoms with E-state index >= 15 is 0 Å². The third kappa shape index (κ3) is 4.48. The number of benzene rings is 1. The second-order valence-electron chi connectivity index (χ2n) is 5.86. The highest BCUT2D eigenvalue weighted by atomic mass is 16.5. The van der Waals surface area contributed by atoms with E-state index in [1.54, 1.807) is 7.11 Å². The first-order chi connectivity index (χ1) is 11.0. The van der Waals surface area contributed by atoms with E-state index in [0.717, 1.165) is 37.5 Å². The number of hydrogen-bond acceptors (Lipinski definition) is 4. The second kappa shape index (κ2) is 8.02. The summed E-state index contributed by atoms with van der Waals surface area (Å²) in [6.45, 7) is 1.90. The zero-order valence-corrected chi connectivity index (χ0v) is 13.9. The molecule has 5 heteroatoms.